The molecule has 3 N–H and O–H groups in total. The predicted molar refractivity (Wildman–Crippen MR) is 57.8 cm³/mol. The van der Waals surface area contributed by atoms with Gasteiger partial charge in [0.15, 0.2) is 0 Å². The Morgan fingerprint density at radius 3 is 2.82 bits per heavy atom. The number of carbonyl (C=O) groups is 2. The van der Waals surface area contributed by atoms with Gasteiger partial charge in [0.1, 0.15) is 0 Å². The van der Waals surface area contributed by atoms with Crippen LogP contribution in [0.15, 0.2) is 23.0 Å². The second-order valence-electron chi connectivity index (χ2n) is 4.03. The van der Waals surface area contributed by atoms with Crippen LogP contribution in [-0.4, -0.2) is 29.5 Å². The fraction of sp³-hybridized carbons (Fsp3) is 0.455. The Kier molecular flexibility index (Phi) is 3.43. The standard InChI is InChI=1S/C11H14N2O4/c14-9(7-3-4-17-6-7)5-12-10(15)11(16)13-8-1-2-8/h3-4,6,8-9,14H,1-2,5H2,(H,12,15)(H,13,16)/t9-/m0/s1. The van der Waals surface area contributed by atoms with E-state index in [0.717, 1.165) is 12.8 Å². The molecule has 6 heteroatoms. The highest BCUT2D eigenvalue weighted by Crippen LogP contribution is 2.18. The van der Waals surface area contributed by atoms with Crippen molar-refractivity contribution in [3.8, 4) is 0 Å². The van der Waals surface area contributed by atoms with Crippen LogP contribution < -0.4 is 10.6 Å². The number of amides is 2. The van der Waals surface area contributed by atoms with Gasteiger partial charge >= 0.3 is 11.8 Å². The number of furan rings is 1. The summed E-state index contributed by atoms with van der Waals surface area (Å²) < 4.78 is 4.80. The minimum absolute atomic E-state index is 0.0174. The Hall–Kier alpha value is -1.82. The van der Waals surface area contributed by atoms with E-state index in [4.69, 9.17) is 4.42 Å². The third kappa shape index (κ3) is 3.32. The molecular formula is C11H14N2O4. The van der Waals surface area contributed by atoms with E-state index in [0.29, 0.717) is 5.56 Å². The van der Waals surface area contributed by atoms with Gasteiger partial charge in [-0.25, -0.2) is 0 Å². The number of aliphatic hydroxyl groups is 1. The number of rotatable bonds is 4. The summed E-state index contributed by atoms with van der Waals surface area (Å²) >= 11 is 0. The first kappa shape index (κ1) is 11.7. The second-order valence-corrected chi connectivity index (χ2v) is 4.03. The lowest BCUT2D eigenvalue weighted by Gasteiger charge is -2.09. The van der Waals surface area contributed by atoms with Crippen molar-refractivity contribution in [2.75, 3.05) is 6.54 Å². The van der Waals surface area contributed by atoms with Crippen LogP contribution in [0, 0.1) is 0 Å². The van der Waals surface area contributed by atoms with Crippen molar-refractivity contribution in [3.63, 3.8) is 0 Å². The van der Waals surface area contributed by atoms with Crippen molar-refractivity contribution in [2.24, 2.45) is 0 Å². The molecule has 1 aromatic heterocycles. The Morgan fingerprint density at radius 1 is 1.47 bits per heavy atom. The second kappa shape index (κ2) is 5.01. The maximum Gasteiger partial charge on any atom is 0.309 e. The summed E-state index contributed by atoms with van der Waals surface area (Å²) in [7, 11) is 0. The van der Waals surface area contributed by atoms with E-state index < -0.39 is 17.9 Å². The highest BCUT2D eigenvalue weighted by Gasteiger charge is 2.26. The largest absolute Gasteiger partial charge is 0.472 e. The monoisotopic (exact) mass is 238 g/mol. The zero-order valence-electron chi connectivity index (χ0n) is 9.18. The van der Waals surface area contributed by atoms with Crippen molar-refractivity contribution in [1.82, 2.24) is 10.6 Å². The Morgan fingerprint density at radius 2 is 2.24 bits per heavy atom. The fourth-order valence-corrected chi connectivity index (χ4v) is 1.33. The maximum absolute atomic E-state index is 11.3. The van der Waals surface area contributed by atoms with Crippen molar-refractivity contribution in [2.45, 2.75) is 25.0 Å². The number of hydrogen-bond acceptors (Lipinski definition) is 4. The third-order valence-electron chi connectivity index (χ3n) is 2.50. The Bertz CT molecular complexity index is 398. The van der Waals surface area contributed by atoms with E-state index >= 15 is 0 Å². The molecule has 92 valence electrons. The van der Waals surface area contributed by atoms with Gasteiger partial charge in [-0.2, -0.15) is 0 Å². The number of nitrogens with one attached hydrogen (secondary N) is 2. The van der Waals surface area contributed by atoms with Gasteiger partial charge in [0.25, 0.3) is 0 Å². The Balaban J connectivity index is 1.73. The smallest absolute Gasteiger partial charge is 0.309 e. The Labute approximate surface area is 98.0 Å². The molecule has 0 aromatic carbocycles. The van der Waals surface area contributed by atoms with Crippen LogP contribution in [0.5, 0.6) is 0 Å². The fourth-order valence-electron chi connectivity index (χ4n) is 1.33. The lowest BCUT2D eigenvalue weighted by atomic mass is 10.2. The molecule has 2 rings (SSSR count). The topological polar surface area (TPSA) is 91.6 Å². The van der Waals surface area contributed by atoms with Crippen LogP contribution >= 0.6 is 0 Å². The van der Waals surface area contributed by atoms with Gasteiger partial charge in [-0.15, -0.1) is 0 Å². The SMILES string of the molecule is O=C(NC[C@H](O)c1ccoc1)C(=O)NC1CC1. The first-order valence-corrected chi connectivity index (χ1v) is 5.45. The highest BCUT2D eigenvalue weighted by molar-refractivity contribution is 6.35. The minimum atomic E-state index is -0.869. The summed E-state index contributed by atoms with van der Waals surface area (Å²) in [4.78, 5) is 22.6. The van der Waals surface area contributed by atoms with Gasteiger partial charge in [0.2, 0.25) is 0 Å². The molecule has 1 aliphatic carbocycles. The molecule has 1 aliphatic rings. The molecule has 0 aliphatic heterocycles. The normalized spacial score (nSPS) is 16.3. The maximum atomic E-state index is 11.3. The molecule has 1 saturated carbocycles. The molecule has 0 bridgehead atoms. The van der Waals surface area contributed by atoms with Gasteiger partial charge < -0.3 is 20.2 Å². The first-order valence-electron chi connectivity index (χ1n) is 5.45. The summed E-state index contributed by atoms with van der Waals surface area (Å²) in [5.41, 5.74) is 0.563. The van der Waals surface area contributed by atoms with E-state index in [1.54, 1.807) is 6.07 Å². The van der Waals surface area contributed by atoms with Crippen LogP contribution in [0.1, 0.15) is 24.5 Å². The molecule has 0 radical (unpaired) electrons. The molecule has 1 heterocycles. The molecule has 1 atom stereocenters. The predicted octanol–water partition coefficient (Wildman–Crippen LogP) is -0.292. The van der Waals surface area contributed by atoms with Gasteiger partial charge in [-0.05, 0) is 18.9 Å². The van der Waals surface area contributed by atoms with Crippen LogP contribution in [0.2, 0.25) is 0 Å². The average molecular weight is 238 g/mol. The lowest BCUT2D eigenvalue weighted by molar-refractivity contribution is -0.139. The van der Waals surface area contributed by atoms with E-state index in [2.05, 4.69) is 10.6 Å². The summed E-state index contributed by atoms with van der Waals surface area (Å²) in [6.45, 7) is -0.0174. The van der Waals surface area contributed by atoms with Crippen LogP contribution in [-0.2, 0) is 9.59 Å². The van der Waals surface area contributed by atoms with Crippen LogP contribution in [0.25, 0.3) is 0 Å². The van der Waals surface area contributed by atoms with E-state index in [9.17, 15) is 14.7 Å². The molecule has 1 aromatic rings. The van der Waals surface area contributed by atoms with Gasteiger partial charge in [0, 0.05) is 18.2 Å². The number of hydrogen-bond donors (Lipinski definition) is 3. The molecule has 6 nitrogen and oxygen atoms in total. The molecule has 17 heavy (non-hydrogen) atoms. The number of carbonyl (C=O) groups excluding carboxylic acids is 2. The lowest BCUT2D eigenvalue weighted by Crippen LogP contribution is -2.42. The molecule has 0 unspecified atom stereocenters. The highest BCUT2D eigenvalue weighted by atomic mass is 16.3. The van der Waals surface area contributed by atoms with E-state index in [-0.39, 0.29) is 12.6 Å². The van der Waals surface area contributed by atoms with Crippen molar-refractivity contribution >= 4 is 11.8 Å². The van der Waals surface area contributed by atoms with Crippen LogP contribution in [0.4, 0.5) is 0 Å². The van der Waals surface area contributed by atoms with E-state index in [1.807, 2.05) is 0 Å². The van der Waals surface area contributed by atoms with Crippen molar-refractivity contribution in [3.05, 3.63) is 24.2 Å². The number of aliphatic hydroxyl groups excluding tert-OH is 1. The van der Waals surface area contributed by atoms with E-state index in [1.165, 1.54) is 12.5 Å². The van der Waals surface area contributed by atoms with Gasteiger partial charge in [-0.3, -0.25) is 9.59 Å². The average Bonchev–Trinajstić information content (AvgIpc) is 2.96. The van der Waals surface area contributed by atoms with Crippen molar-refractivity contribution in [1.29, 1.82) is 0 Å². The van der Waals surface area contributed by atoms with Crippen LogP contribution in [0.3, 0.4) is 0 Å². The molecular weight excluding hydrogens is 224 g/mol. The van der Waals surface area contributed by atoms with Gasteiger partial charge in [0.05, 0.1) is 18.6 Å². The third-order valence-corrected chi connectivity index (χ3v) is 2.50. The molecule has 1 fully saturated rings. The summed E-state index contributed by atoms with van der Waals surface area (Å²) in [5, 5.41) is 14.5. The zero-order valence-corrected chi connectivity index (χ0v) is 9.18. The summed E-state index contributed by atoms with van der Waals surface area (Å²) in [5.74, 6) is -1.37. The molecule has 2 amide bonds. The summed E-state index contributed by atoms with van der Waals surface area (Å²) in [6.07, 6.45) is 3.81. The zero-order chi connectivity index (χ0) is 12.3. The minimum Gasteiger partial charge on any atom is -0.472 e. The first-order chi connectivity index (χ1) is 8.16. The molecule has 0 saturated heterocycles. The quantitative estimate of drug-likeness (QED) is 0.628. The van der Waals surface area contributed by atoms with Gasteiger partial charge in [-0.1, -0.05) is 0 Å². The summed E-state index contributed by atoms with van der Waals surface area (Å²) in [6, 6.07) is 1.74. The molecule has 0 spiro atoms. The van der Waals surface area contributed by atoms with Crippen molar-refractivity contribution < 1.29 is 19.1 Å².